The van der Waals surface area contributed by atoms with Crippen LogP contribution >= 0.6 is 27.3 Å². The number of hydrogen-bond acceptors (Lipinski definition) is 4. The first-order chi connectivity index (χ1) is 8.60. The van der Waals surface area contributed by atoms with Crippen LogP contribution in [0.1, 0.15) is 25.9 Å². The Kier molecular flexibility index (Phi) is 4.14. The maximum absolute atomic E-state index is 10.9. The van der Waals surface area contributed by atoms with Crippen molar-refractivity contribution in [2.24, 2.45) is 0 Å². The number of hydrogen-bond donors (Lipinski definition) is 0. The summed E-state index contributed by atoms with van der Waals surface area (Å²) < 4.78 is 6.49. The molecule has 94 valence electrons. The number of thiazole rings is 1. The van der Waals surface area contributed by atoms with Crippen LogP contribution in [-0.2, 0) is 6.61 Å². The fourth-order valence-corrected chi connectivity index (χ4v) is 2.71. The summed E-state index contributed by atoms with van der Waals surface area (Å²) in [4.78, 5) is 16.5. The van der Waals surface area contributed by atoms with E-state index in [-0.39, 0.29) is 0 Å². The third-order valence-corrected chi connectivity index (χ3v) is 4.06. The van der Waals surface area contributed by atoms with Crippen LogP contribution in [0.5, 0.6) is 5.75 Å². The number of carbonyl (C=O) groups is 1. The summed E-state index contributed by atoms with van der Waals surface area (Å²) in [6, 6.07) is 5.36. The van der Waals surface area contributed by atoms with Gasteiger partial charge in [0.15, 0.2) is 6.29 Å². The average molecular weight is 326 g/mol. The Morgan fingerprint density at radius 1 is 1.44 bits per heavy atom. The molecule has 1 aromatic heterocycles. The fraction of sp³-hybridized carbons (Fsp3) is 0.231. The summed E-state index contributed by atoms with van der Waals surface area (Å²) in [6.07, 6.45) is 0.790. The number of rotatable bonds is 4. The first-order valence-electron chi connectivity index (χ1n) is 5.40. The van der Waals surface area contributed by atoms with E-state index in [9.17, 15) is 4.79 Å². The highest BCUT2D eigenvalue weighted by molar-refractivity contribution is 9.10. The number of halogens is 1. The molecule has 5 heteroatoms. The van der Waals surface area contributed by atoms with E-state index in [1.807, 2.05) is 19.9 Å². The Morgan fingerprint density at radius 2 is 2.22 bits per heavy atom. The van der Waals surface area contributed by atoms with Crippen LogP contribution in [-0.4, -0.2) is 11.3 Å². The summed E-state index contributed by atoms with van der Waals surface area (Å²) in [5, 5.41) is 0.921. The smallest absolute Gasteiger partial charge is 0.153 e. The van der Waals surface area contributed by atoms with E-state index in [1.165, 1.54) is 4.88 Å². The van der Waals surface area contributed by atoms with Gasteiger partial charge in [-0.1, -0.05) is 15.9 Å². The monoisotopic (exact) mass is 325 g/mol. The standard InChI is InChI=1S/C13H12BrNO2S/c1-8-9(2)18-13(15-8)7-17-12-4-3-11(14)5-10(12)6-16/h3-6H,7H2,1-2H3. The number of aromatic nitrogens is 1. The van der Waals surface area contributed by atoms with Crippen molar-refractivity contribution in [1.29, 1.82) is 0 Å². The Hall–Kier alpha value is -1.20. The highest BCUT2D eigenvalue weighted by atomic mass is 79.9. The molecule has 0 aliphatic heterocycles. The molecular formula is C13H12BrNO2S. The van der Waals surface area contributed by atoms with Crippen molar-refractivity contribution in [1.82, 2.24) is 4.98 Å². The van der Waals surface area contributed by atoms with Crippen molar-refractivity contribution >= 4 is 33.6 Å². The molecule has 1 heterocycles. The van der Waals surface area contributed by atoms with Gasteiger partial charge < -0.3 is 4.74 Å². The Morgan fingerprint density at radius 3 is 2.83 bits per heavy atom. The van der Waals surface area contributed by atoms with Crippen molar-refractivity contribution in [3.8, 4) is 5.75 Å². The van der Waals surface area contributed by atoms with Gasteiger partial charge in [0.2, 0.25) is 0 Å². The third-order valence-electron chi connectivity index (χ3n) is 2.52. The maximum atomic E-state index is 10.9. The number of aryl methyl sites for hydroxylation is 2. The van der Waals surface area contributed by atoms with Gasteiger partial charge in [-0.2, -0.15) is 0 Å². The van der Waals surface area contributed by atoms with Gasteiger partial charge in [0.25, 0.3) is 0 Å². The van der Waals surface area contributed by atoms with Crippen LogP contribution in [0.25, 0.3) is 0 Å². The van der Waals surface area contributed by atoms with Gasteiger partial charge in [-0.15, -0.1) is 11.3 Å². The van der Waals surface area contributed by atoms with Crippen LogP contribution in [0.15, 0.2) is 22.7 Å². The molecule has 0 saturated heterocycles. The molecule has 3 nitrogen and oxygen atoms in total. The molecule has 0 N–H and O–H groups in total. The number of carbonyl (C=O) groups excluding carboxylic acids is 1. The van der Waals surface area contributed by atoms with Crippen LogP contribution in [0.3, 0.4) is 0 Å². The van der Waals surface area contributed by atoms with Gasteiger partial charge in [-0.25, -0.2) is 4.98 Å². The number of nitrogens with zero attached hydrogens (tertiary/aromatic N) is 1. The summed E-state index contributed by atoms with van der Waals surface area (Å²) in [7, 11) is 0. The topological polar surface area (TPSA) is 39.2 Å². The Bertz CT molecular complexity index is 561. The van der Waals surface area contributed by atoms with Crippen molar-refractivity contribution in [2.75, 3.05) is 0 Å². The van der Waals surface area contributed by atoms with Crippen LogP contribution in [0.4, 0.5) is 0 Å². The second kappa shape index (κ2) is 5.63. The second-order valence-electron chi connectivity index (χ2n) is 3.84. The molecule has 0 spiro atoms. The lowest BCUT2D eigenvalue weighted by molar-refractivity contribution is 0.111. The molecule has 0 atom stereocenters. The molecular weight excluding hydrogens is 314 g/mol. The fourth-order valence-electron chi connectivity index (χ4n) is 1.48. The average Bonchev–Trinajstić information content (AvgIpc) is 2.67. The minimum atomic E-state index is 0.391. The second-order valence-corrected chi connectivity index (χ2v) is 6.04. The molecule has 1 aromatic carbocycles. The summed E-state index contributed by atoms with van der Waals surface area (Å²) in [5.41, 5.74) is 1.57. The molecule has 0 amide bonds. The minimum absolute atomic E-state index is 0.391. The van der Waals surface area contributed by atoms with Gasteiger partial charge in [-0.3, -0.25) is 4.79 Å². The zero-order chi connectivity index (χ0) is 13.1. The van der Waals surface area contributed by atoms with Gasteiger partial charge >= 0.3 is 0 Å². The van der Waals surface area contributed by atoms with Crippen molar-refractivity contribution < 1.29 is 9.53 Å². The van der Waals surface area contributed by atoms with Gasteiger partial charge in [0, 0.05) is 9.35 Å². The van der Waals surface area contributed by atoms with Gasteiger partial charge in [0.1, 0.15) is 17.4 Å². The number of aldehydes is 1. The lowest BCUT2D eigenvalue weighted by atomic mass is 10.2. The van der Waals surface area contributed by atoms with Gasteiger partial charge in [0.05, 0.1) is 11.3 Å². The predicted octanol–water partition coefficient (Wildman–Crippen LogP) is 3.91. The van der Waals surface area contributed by atoms with Crippen LogP contribution in [0, 0.1) is 13.8 Å². The molecule has 0 fully saturated rings. The normalized spacial score (nSPS) is 10.4. The van der Waals surface area contributed by atoms with E-state index in [0.29, 0.717) is 17.9 Å². The lowest BCUT2D eigenvalue weighted by Gasteiger charge is -2.06. The third kappa shape index (κ3) is 2.97. The quantitative estimate of drug-likeness (QED) is 0.800. The van der Waals surface area contributed by atoms with E-state index in [4.69, 9.17) is 4.74 Å². The molecule has 18 heavy (non-hydrogen) atoms. The summed E-state index contributed by atoms with van der Waals surface area (Å²) in [5.74, 6) is 0.582. The van der Waals surface area contributed by atoms with Gasteiger partial charge in [-0.05, 0) is 32.0 Å². The highest BCUT2D eigenvalue weighted by Gasteiger charge is 2.07. The molecule has 0 saturated carbocycles. The van der Waals surface area contributed by atoms with E-state index in [0.717, 1.165) is 21.5 Å². The zero-order valence-electron chi connectivity index (χ0n) is 10.1. The van der Waals surface area contributed by atoms with E-state index in [2.05, 4.69) is 20.9 Å². The molecule has 2 aromatic rings. The molecule has 0 bridgehead atoms. The Labute approximate surface area is 118 Å². The molecule has 0 unspecified atom stereocenters. The molecule has 0 radical (unpaired) electrons. The van der Waals surface area contributed by atoms with Crippen molar-refractivity contribution in [3.63, 3.8) is 0 Å². The predicted molar refractivity (Wildman–Crippen MR) is 75.4 cm³/mol. The highest BCUT2D eigenvalue weighted by Crippen LogP contribution is 2.24. The minimum Gasteiger partial charge on any atom is -0.486 e. The summed E-state index contributed by atoms with van der Waals surface area (Å²) in [6.45, 7) is 4.40. The molecule has 2 rings (SSSR count). The lowest BCUT2D eigenvalue weighted by Crippen LogP contribution is -1.98. The van der Waals surface area contributed by atoms with E-state index < -0.39 is 0 Å². The first-order valence-corrected chi connectivity index (χ1v) is 7.01. The van der Waals surface area contributed by atoms with Crippen LogP contribution in [0.2, 0.25) is 0 Å². The molecule has 0 aliphatic carbocycles. The van der Waals surface area contributed by atoms with Crippen molar-refractivity contribution in [3.05, 3.63) is 43.8 Å². The number of ether oxygens (including phenoxy) is 1. The van der Waals surface area contributed by atoms with Crippen LogP contribution < -0.4 is 4.74 Å². The Balaban J connectivity index is 2.12. The van der Waals surface area contributed by atoms with E-state index >= 15 is 0 Å². The maximum Gasteiger partial charge on any atom is 0.153 e. The first kappa shape index (κ1) is 13.2. The molecule has 0 aliphatic rings. The van der Waals surface area contributed by atoms with E-state index in [1.54, 1.807) is 23.5 Å². The van der Waals surface area contributed by atoms with Crippen molar-refractivity contribution in [2.45, 2.75) is 20.5 Å². The number of benzene rings is 1. The largest absolute Gasteiger partial charge is 0.486 e. The zero-order valence-corrected chi connectivity index (χ0v) is 12.5. The summed E-state index contributed by atoms with van der Waals surface area (Å²) >= 11 is 4.94. The SMILES string of the molecule is Cc1nc(COc2ccc(Br)cc2C=O)sc1C.